The number of thiophene rings is 1. The Bertz CT molecular complexity index is 902. The van der Waals surface area contributed by atoms with Crippen molar-refractivity contribution in [2.24, 2.45) is 0 Å². The van der Waals surface area contributed by atoms with Gasteiger partial charge in [0.2, 0.25) is 0 Å². The number of rotatable bonds is 4. The van der Waals surface area contributed by atoms with Gasteiger partial charge in [0.1, 0.15) is 16.1 Å². The summed E-state index contributed by atoms with van der Waals surface area (Å²) in [7, 11) is -3.30. The topological polar surface area (TPSA) is 0 Å². The van der Waals surface area contributed by atoms with Crippen LogP contribution in [0.4, 0.5) is 0 Å². The fourth-order valence-electron chi connectivity index (χ4n) is 3.55. The number of hydrogen-bond donors (Lipinski definition) is 0. The molecule has 27 heavy (non-hydrogen) atoms. The Morgan fingerprint density at radius 3 is 1.22 bits per heavy atom. The lowest BCUT2D eigenvalue weighted by atomic mass is 10.1. The van der Waals surface area contributed by atoms with Crippen molar-refractivity contribution in [1.82, 2.24) is 0 Å². The van der Waals surface area contributed by atoms with Gasteiger partial charge in [-0.25, -0.2) is 0 Å². The van der Waals surface area contributed by atoms with Crippen molar-refractivity contribution in [2.75, 3.05) is 0 Å². The first-order valence-corrected chi connectivity index (χ1v) is 16.6. The van der Waals surface area contributed by atoms with Crippen LogP contribution in [0.1, 0.15) is 22.3 Å². The molecule has 1 heterocycles. The second kappa shape index (κ2) is 7.19. The summed E-state index contributed by atoms with van der Waals surface area (Å²) in [6, 6.07) is 19.0. The number of aryl methyl sites for hydroxylation is 4. The molecule has 0 radical (unpaired) electrons. The van der Waals surface area contributed by atoms with Crippen molar-refractivity contribution >= 4 is 46.9 Å². The molecule has 2 aromatic carbocycles. The van der Waals surface area contributed by atoms with E-state index in [1.165, 1.54) is 22.3 Å². The summed E-state index contributed by atoms with van der Waals surface area (Å²) in [5.41, 5.74) is 5.60. The van der Waals surface area contributed by atoms with Crippen LogP contribution < -0.4 is 19.4 Å². The van der Waals surface area contributed by atoms with E-state index < -0.39 is 16.1 Å². The molecule has 1 aromatic heterocycles. The Kier molecular flexibility index (Phi) is 5.41. The minimum absolute atomic E-state index is 1.39. The van der Waals surface area contributed by atoms with Crippen LogP contribution in [0.5, 0.6) is 0 Å². The van der Waals surface area contributed by atoms with Crippen molar-refractivity contribution in [1.29, 1.82) is 0 Å². The fraction of sp³-hybridized carbons (Fsp3) is 0.333. The largest absolute Gasteiger partial charge is 0.154 e. The minimum atomic E-state index is -1.65. The van der Waals surface area contributed by atoms with Crippen LogP contribution in [0, 0.1) is 27.7 Å². The van der Waals surface area contributed by atoms with Gasteiger partial charge in [-0.1, -0.05) is 85.1 Å². The summed E-state index contributed by atoms with van der Waals surface area (Å²) in [5, 5.41) is 3.09. The predicted molar refractivity (Wildman–Crippen MR) is 130 cm³/mol. The van der Waals surface area contributed by atoms with Crippen LogP contribution in [0.3, 0.4) is 0 Å². The summed E-state index contributed by atoms with van der Waals surface area (Å²) in [4.78, 5) is 0. The lowest BCUT2D eigenvalue weighted by molar-refractivity contribution is 1.35. The molecule has 3 aromatic rings. The summed E-state index contributed by atoms with van der Waals surface area (Å²) in [5.74, 6) is 0. The molecule has 0 fully saturated rings. The SMILES string of the molecule is Cc1ccc([Si](C)(C)c2ccc([Si](C)(C)c3ccc(C)c(C)c3)s2)cc1C. The zero-order valence-corrected chi connectivity index (χ0v) is 20.8. The van der Waals surface area contributed by atoms with E-state index >= 15 is 0 Å². The highest BCUT2D eigenvalue weighted by Gasteiger charge is 2.33. The molecular formula is C24H32SSi2. The molecule has 0 saturated heterocycles. The third-order valence-corrected chi connectivity index (χ3v) is 17.0. The zero-order chi connectivity index (χ0) is 20.0. The first-order valence-electron chi connectivity index (χ1n) is 9.79. The molecule has 0 saturated carbocycles. The highest BCUT2D eigenvalue weighted by atomic mass is 32.1. The van der Waals surface area contributed by atoms with Gasteiger partial charge in [-0.2, -0.15) is 11.3 Å². The van der Waals surface area contributed by atoms with Gasteiger partial charge >= 0.3 is 0 Å². The van der Waals surface area contributed by atoms with Gasteiger partial charge in [0.25, 0.3) is 0 Å². The van der Waals surface area contributed by atoms with E-state index in [9.17, 15) is 0 Å². The molecule has 0 spiro atoms. The average molecular weight is 409 g/mol. The van der Waals surface area contributed by atoms with Crippen LogP contribution in [0.2, 0.25) is 26.2 Å². The van der Waals surface area contributed by atoms with E-state index in [-0.39, 0.29) is 0 Å². The predicted octanol–water partition coefficient (Wildman–Crippen LogP) is 4.63. The monoisotopic (exact) mass is 408 g/mol. The molecule has 0 nitrogen and oxygen atoms in total. The van der Waals surface area contributed by atoms with E-state index in [1.807, 2.05) is 0 Å². The first-order chi connectivity index (χ1) is 12.5. The molecule has 0 bridgehead atoms. The Labute approximate surface area is 171 Å². The average Bonchev–Trinajstić information content (AvgIpc) is 3.11. The minimum Gasteiger partial charge on any atom is -0.154 e. The molecule has 142 valence electrons. The summed E-state index contributed by atoms with van der Waals surface area (Å²) in [6.45, 7) is 18.9. The molecule has 0 aliphatic rings. The molecule has 0 amide bonds. The molecule has 0 N–H and O–H groups in total. The lowest BCUT2D eigenvalue weighted by Crippen LogP contribution is -2.53. The Hall–Kier alpha value is -1.43. The maximum atomic E-state index is 2.50. The van der Waals surface area contributed by atoms with E-state index in [0.717, 1.165) is 0 Å². The molecule has 0 aliphatic heterocycles. The summed E-state index contributed by atoms with van der Waals surface area (Å²) >= 11 is 2.08. The van der Waals surface area contributed by atoms with Crippen molar-refractivity contribution in [3.63, 3.8) is 0 Å². The van der Waals surface area contributed by atoms with Crippen molar-refractivity contribution in [3.05, 3.63) is 70.8 Å². The van der Waals surface area contributed by atoms with E-state index in [2.05, 4.69) is 114 Å². The molecule has 3 rings (SSSR count). The van der Waals surface area contributed by atoms with Crippen molar-refractivity contribution in [3.8, 4) is 0 Å². The summed E-state index contributed by atoms with van der Waals surface area (Å²) < 4.78 is 3.20. The van der Waals surface area contributed by atoms with Crippen LogP contribution in [0.25, 0.3) is 0 Å². The molecular weight excluding hydrogens is 377 g/mol. The van der Waals surface area contributed by atoms with Crippen molar-refractivity contribution in [2.45, 2.75) is 53.9 Å². The van der Waals surface area contributed by atoms with Crippen LogP contribution >= 0.6 is 11.3 Å². The lowest BCUT2D eigenvalue weighted by Gasteiger charge is -2.24. The van der Waals surface area contributed by atoms with Gasteiger partial charge in [-0.3, -0.25) is 0 Å². The first kappa shape index (κ1) is 20.3. The van der Waals surface area contributed by atoms with Gasteiger partial charge < -0.3 is 0 Å². The fourth-order valence-corrected chi connectivity index (χ4v) is 11.5. The van der Waals surface area contributed by atoms with Crippen LogP contribution in [-0.4, -0.2) is 16.1 Å². The highest BCUT2D eigenvalue weighted by molar-refractivity contribution is 7.38. The van der Waals surface area contributed by atoms with Gasteiger partial charge in [-0.05, 0) is 58.9 Å². The normalized spacial score (nSPS) is 12.4. The maximum Gasteiger partial charge on any atom is 0.124 e. The van der Waals surface area contributed by atoms with E-state index in [4.69, 9.17) is 0 Å². The molecule has 0 unspecified atom stereocenters. The van der Waals surface area contributed by atoms with Gasteiger partial charge in [0.15, 0.2) is 0 Å². The van der Waals surface area contributed by atoms with Gasteiger partial charge in [0.05, 0.1) is 0 Å². The van der Waals surface area contributed by atoms with Gasteiger partial charge in [0, 0.05) is 0 Å². The Morgan fingerprint density at radius 1 is 0.519 bits per heavy atom. The standard InChI is InChI=1S/C24H32SSi2/c1-17-9-11-21(15-19(17)3)26(5,6)23-13-14-24(25-23)27(7,8)22-12-10-18(2)20(4)16-22/h9-16H,1-8H3. The Balaban J connectivity index is 1.99. The second-order valence-corrected chi connectivity index (χ2v) is 19.6. The summed E-state index contributed by atoms with van der Waals surface area (Å²) in [6.07, 6.45) is 0. The third kappa shape index (κ3) is 3.78. The molecule has 0 atom stereocenters. The van der Waals surface area contributed by atoms with Gasteiger partial charge in [-0.15, -0.1) is 0 Å². The Morgan fingerprint density at radius 2 is 0.889 bits per heavy atom. The van der Waals surface area contributed by atoms with E-state index in [0.29, 0.717) is 0 Å². The molecule has 0 aliphatic carbocycles. The van der Waals surface area contributed by atoms with Crippen LogP contribution in [0.15, 0.2) is 48.5 Å². The quantitative estimate of drug-likeness (QED) is 0.552. The second-order valence-electron chi connectivity index (χ2n) is 9.01. The zero-order valence-electron chi connectivity index (χ0n) is 18.0. The molecule has 3 heteroatoms. The van der Waals surface area contributed by atoms with Crippen molar-refractivity contribution < 1.29 is 0 Å². The maximum absolute atomic E-state index is 2.50. The highest BCUT2D eigenvalue weighted by Crippen LogP contribution is 2.15. The van der Waals surface area contributed by atoms with E-state index in [1.54, 1.807) is 19.4 Å². The smallest absolute Gasteiger partial charge is 0.124 e. The number of benzene rings is 2. The van der Waals surface area contributed by atoms with Crippen LogP contribution in [-0.2, 0) is 0 Å². The third-order valence-electron chi connectivity index (χ3n) is 6.30. The number of hydrogen-bond acceptors (Lipinski definition) is 1.